The molecule has 1 atom stereocenters. The predicted octanol–water partition coefficient (Wildman–Crippen LogP) is 4.39. The Morgan fingerprint density at radius 2 is 1.74 bits per heavy atom. The summed E-state index contributed by atoms with van der Waals surface area (Å²) in [4.78, 5) is 4.53. The molecule has 1 saturated heterocycles. The number of nitrogens with one attached hydrogen (secondary N) is 1. The van der Waals surface area contributed by atoms with Crippen LogP contribution >= 0.6 is 0 Å². The molecule has 1 aromatic carbocycles. The van der Waals surface area contributed by atoms with E-state index >= 15 is 0 Å². The minimum atomic E-state index is 0.0968. The topological polar surface area (TPSA) is 34.1 Å². The van der Waals surface area contributed by atoms with E-state index in [-0.39, 0.29) is 6.10 Å². The summed E-state index contributed by atoms with van der Waals surface area (Å²) in [6.45, 7) is 10.5. The summed E-state index contributed by atoms with van der Waals surface area (Å²) >= 11 is 0. The Bertz CT molecular complexity index is 505. The van der Waals surface area contributed by atoms with E-state index in [0.717, 1.165) is 31.8 Å². The second-order valence-corrected chi connectivity index (χ2v) is 4.82. The second kappa shape index (κ2) is 11.8. The fourth-order valence-corrected chi connectivity index (χ4v) is 2.32. The summed E-state index contributed by atoms with van der Waals surface area (Å²) in [6.07, 6.45) is 2.98. The largest absolute Gasteiger partial charge is 0.369 e. The van der Waals surface area contributed by atoms with Gasteiger partial charge < -0.3 is 10.1 Å². The molecule has 0 radical (unpaired) electrons. The number of benzene rings is 1. The zero-order chi connectivity index (χ0) is 16.9. The van der Waals surface area contributed by atoms with Gasteiger partial charge in [0.2, 0.25) is 0 Å². The number of pyridine rings is 1. The van der Waals surface area contributed by atoms with Gasteiger partial charge in [-0.25, -0.2) is 0 Å². The van der Waals surface area contributed by atoms with E-state index < -0.39 is 0 Å². The maximum Gasteiger partial charge on any atom is 0.112 e. The SMILES string of the molecule is CC.CC.c1ccc(Cc2ccc(C3CNCCO3)nc2)cc1. The molecule has 126 valence electrons. The Morgan fingerprint density at radius 1 is 1.00 bits per heavy atom. The third kappa shape index (κ3) is 6.51. The molecule has 3 heteroatoms. The molecule has 0 aliphatic carbocycles. The molecule has 2 heterocycles. The van der Waals surface area contributed by atoms with Crippen LogP contribution in [0.4, 0.5) is 0 Å². The van der Waals surface area contributed by atoms with Crippen LogP contribution in [0, 0.1) is 0 Å². The highest BCUT2D eigenvalue weighted by Crippen LogP contribution is 2.17. The van der Waals surface area contributed by atoms with Crippen molar-refractivity contribution in [2.75, 3.05) is 19.7 Å². The first-order valence-electron chi connectivity index (χ1n) is 8.73. The van der Waals surface area contributed by atoms with Crippen molar-refractivity contribution in [2.24, 2.45) is 0 Å². The Kier molecular flexibility index (Phi) is 9.92. The Labute approximate surface area is 141 Å². The minimum Gasteiger partial charge on any atom is -0.369 e. The molecule has 0 bridgehead atoms. The van der Waals surface area contributed by atoms with Crippen LogP contribution in [0.3, 0.4) is 0 Å². The van der Waals surface area contributed by atoms with Gasteiger partial charge in [-0.15, -0.1) is 0 Å². The Balaban J connectivity index is 0.000000615. The van der Waals surface area contributed by atoms with Crippen molar-refractivity contribution < 1.29 is 4.74 Å². The van der Waals surface area contributed by atoms with Crippen molar-refractivity contribution in [3.05, 3.63) is 65.5 Å². The highest BCUT2D eigenvalue weighted by atomic mass is 16.5. The molecular formula is C20H30N2O. The lowest BCUT2D eigenvalue weighted by Gasteiger charge is -2.23. The van der Waals surface area contributed by atoms with Gasteiger partial charge in [-0.3, -0.25) is 4.98 Å². The molecule has 2 aromatic rings. The van der Waals surface area contributed by atoms with Crippen molar-refractivity contribution in [3.8, 4) is 0 Å². The van der Waals surface area contributed by atoms with Crippen LogP contribution in [0.2, 0.25) is 0 Å². The van der Waals surface area contributed by atoms with Crippen molar-refractivity contribution in [3.63, 3.8) is 0 Å². The molecule has 23 heavy (non-hydrogen) atoms. The summed E-state index contributed by atoms with van der Waals surface area (Å²) in [7, 11) is 0. The van der Waals surface area contributed by atoms with Crippen LogP contribution < -0.4 is 5.32 Å². The zero-order valence-corrected chi connectivity index (χ0v) is 14.9. The van der Waals surface area contributed by atoms with Gasteiger partial charge in [-0.05, 0) is 23.6 Å². The lowest BCUT2D eigenvalue weighted by atomic mass is 10.1. The first kappa shape index (κ1) is 19.3. The van der Waals surface area contributed by atoms with E-state index in [2.05, 4.69) is 46.7 Å². The van der Waals surface area contributed by atoms with E-state index in [9.17, 15) is 0 Å². The van der Waals surface area contributed by atoms with Crippen LogP contribution in [0.25, 0.3) is 0 Å². The van der Waals surface area contributed by atoms with Gasteiger partial charge in [0, 0.05) is 19.3 Å². The van der Waals surface area contributed by atoms with E-state index in [1.165, 1.54) is 11.1 Å². The maximum absolute atomic E-state index is 5.70. The van der Waals surface area contributed by atoms with Crippen molar-refractivity contribution in [1.29, 1.82) is 0 Å². The van der Waals surface area contributed by atoms with Gasteiger partial charge in [0.05, 0.1) is 12.3 Å². The highest BCUT2D eigenvalue weighted by molar-refractivity contribution is 5.25. The molecule has 3 rings (SSSR count). The smallest absolute Gasteiger partial charge is 0.112 e. The molecule has 0 spiro atoms. The fraction of sp³-hybridized carbons (Fsp3) is 0.450. The summed E-state index contributed by atoms with van der Waals surface area (Å²) in [6, 6.07) is 14.7. The van der Waals surface area contributed by atoms with E-state index in [4.69, 9.17) is 4.74 Å². The van der Waals surface area contributed by atoms with Crippen LogP contribution in [-0.2, 0) is 11.2 Å². The molecule has 1 aliphatic heterocycles. The van der Waals surface area contributed by atoms with Crippen molar-refractivity contribution >= 4 is 0 Å². The molecule has 1 unspecified atom stereocenters. The summed E-state index contributed by atoms with van der Waals surface area (Å²) in [5.74, 6) is 0. The number of nitrogens with zero attached hydrogens (tertiary/aromatic N) is 1. The summed E-state index contributed by atoms with van der Waals surface area (Å²) in [5, 5.41) is 3.32. The number of rotatable bonds is 3. The molecule has 1 aliphatic rings. The average molecular weight is 314 g/mol. The molecule has 0 saturated carbocycles. The van der Waals surface area contributed by atoms with Gasteiger partial charge in [-0.1, -0.05) is 64.1 Å². The third-order valence-corrected chi connectivity index (χ3v) is 3.36. The van der Waals surface area contributed by atoms with E-state index in [1.807, 2.05) is 40.0 Å². The zero-order valence-electron chi connectivity index (χ0n) is 14.9. The first-order valence-corrected chi connectivity index (χ1v) is 8.73. The van der Waals surface area contributed by atoms with Gasteiger partial charge in [0.25, 0.3) is 0 Å². The number of hydrogen-bond acceptors (Lipinski definition) is 3. The van der Waals surface area contributed by atoms with Gasteiger partial charge in [0.1, 0.15) is 6.10 Å². The number of aromatic nitrogens is 1. The standard InChI is InChI=1S/C16H18N2O.2C2H6/c1-2-4-13(5-3-1)10-14-6-7-15(18-11-14)16-12-17-8-9-19-16;2*1-2/h1-7,11,16-17H,8-10,12H2;2*1-2H3. The lowest BCUT2D eigenvalue weighted by Crippen LogP contribution is -2.33. The van der Waals surface area contributed by atoms with E-state index in [1.54, 1.807) is 0 Å². The van der Waals surface area contributed by atoms with Crippen LogP contribution in [0.5, 0.6) is 0 Å². The van der Waals surface area contributed by atoms with Crippen LogP contribution in [0.1, 0.15) is 50.6 Å². The fourth-order valence-electron chi connectivity index (χ4n) is 2.32. The average Bonchev–Trinajstić information content (AvgIpc) is 2.67. The molecule has 0 amide bonds. The molecule has 1 N–H and O–H groups in total. The highest BCUT2D eigenvalue weighted by Gasteiger charge is 2.16. The van der Waals surface area contributed by atoms with E-state index in [0.29, 0.717) is 0 Å². The predicted molar refractivity (Wildman–Crippen MR) is 97.7 cm³/mol. The number of hydrogen-bond donors (Lipinski definition) is 1. The van der Waals surface area contributed by atoms with Crippen molar-refractivity contribution in [1.82, 2.24) is 10.3 Å². The third-order valence-electron chi connectivity index (χ3n) is 3.36. The quantitative estimate of drug-likeness (QED) is 0.912. The van der Waals surface area contributed by atoms with Crippen LogP contribution in [-0.4, -0.2) is 24.7 Å². The molecule has 1 aromatic heterocycles. The monoisotopic (exact) mass is 314 g/mol. The normalized spacial score (nSPS) is 16.4. The molecular weight excluding hydrogens is 284 g/mol. The molecule has 1 fully saturated rings. The summed E-state index contributed by atoms with van der Waals surface area (Å²) in [5.41, 5.74) is 3.57. The number of ether oxygens (including phenoxy) is 1. The Hall–Kier alpha value is -1.71. The van der Waals surface area contributed by atoms with Crippen LogP contribution in [0.15, 0.2) is 48.7 Å². The Morgan fingerprint density at radius 3 is 2.30 bits per heavy atom. The van der Waals surface area contributed by atoms with Gasteiger partial charge in [-0.2, -0.15) is 0 Å². The van der Waals surface area contributed by atoms with Gasteiger partial charge >= 0.3 is 0 Å². The lowest BCUT2D eigenvalue weighted by molar-refractivity contribution is 0.0250. The summed E-state index contributed by atoms with van der Waals surface area (Å²) < 4.78 is 5.70. The maximum atomic E-state index is 5.70. The minimum absolute atomic E-state index is 0.0968. The second-order valence-electron chi connectivity index (χ2n) is 4.82. The first-order chi connectivity index (χ1) is 11.4. The number of morpholine rings is 1. The van der Waals surface area contributed by atoms with Gasteiger partial charge in [0.15, 0.2) is 0 Å². The molecule has 3 nitrogen and oxygen atoms in total. The van der Waals surface area contributed by atoms with Crippen molar-refractivity contribution in [2.45, 2.75) is 40.2 Å².